The van der Waals surface area contributed by atoms with E-state index in [0.29, 0.717) is 6.61 Å². The quantitative estimate of drug-likeness (QED) is 0.657. The molecule has 2 unspecified atom stereocenters. The molecule has 0 bridgehead atoms. The Kier molecular flexibility index (Phi) is 3.54. The minimum atomic E-state index is -0.195. The molecule has 0 saturated heterocycles. The monoisotopic (exact) mass is 271 g/mol. The van der Waals surface area contributed by atoms with E-state index in [1.165, 1.54) is 0 Å². The van der Waals surface area contributed by atoms with Gasteiger partial charge in [-0.15, -0.1) is 0 Å². The molecule has 0 amide bonds. The second kappa shape index (κ2) is 5.48. The number of benzene rings is 1. The van der Waals surface area contributed by atoms with Crippen LogP contribution in [0.3, 0.4) is 0 Å². The lowest BCUT2D eigenvalue weighted by molar-refractivity contribution is 0.0616. The highest BCUT2D eigenvalue weighted by molar-refractivity contribution is 5.41. The third-order valence-electron chi connectivity index (χ3n) is 3.38. The first-order chi connectivity index (χ1) is 9.78. The third kappa shape index (κ3) is 2.45. The van der Waals surface area contributed by atoms with Gasteiger partial charge >= 0.3 is 0 Å². The molecule has 2 aromatic rings. The summed E-state index contributed by atoms with van der Waals surface area (Å²) in [4.78, 5) is 4.30. The summed E-state index contributed by atoms with van der Waals surface area (Å²) in [5.41, 5.74) is 4.74. The summed E-state index contributed by atoms with van der Waals surface area (Å²) in [7, 11) is 0. The molecule has 0 fully saturated rings. The van der Waals surface area contributed by atoms with Gasteiger partial charge in [-0.1, -0.05) is 18.2 Å². The fourth-order valence-electron chi connectivity index (χ4n) is 2.28. The van der Waals surface area contributed by atoms with Crippen molar-refractivity contribution in [2.24, 2.45) is 5.84 Å². The van der Waals surface area contributed by atoms with Crippen molar-refractivity contribution >= 4 is 0 Å². The van der Waals surface area contributed by atoms with Crippen LogP contribution in [0.25, 0.3) is 0 Å². The van der Waals surface area contributed by atoms with Gasteiger partial charge in [0.15, 0.2) is 17.6 Å². The van der Waals surface area contributed by atoms with Crippen LogP contribution in [0.1, 0.15) is 17.3 Å². The smallest absolute Gasteiger partial charge is 0.161 e. The van der Waals surface area contributed by atoms with Crippen molar-refractivity contribution in [2.45, 2.75) is 19.1 Å². The van der Waals surface area contributed by atoms with Crippen LogP contribution in [0.4, 0.5) is 0 Å². The summed E-state index contributed by atoms with van der Waals surface area (Å²) >= 11 is 0. The van der Waals surface area contributed by atoms with E-state index in [0.717, 1.165) is 22.8 Å². The molecule has 5 heteroatoms. The molecule has 0 aliphatic carbocycles. The van der Waals surface area contributed by atoms with Crippen LogP contribution in [-0.2, 0) is 0 Å². The number of nitrogens with one attached hydrogen (secondary N) is 1. The van der Waals surface area contributed by atoms with Gasteiger partial charge in [0.05, 0.1) is 6.04 Å². The molecule has 3 N–H and O–H groups in total. The number of pyridine rings is 1. The third-order valence-corrected chi connectivity index (χ3v) is 3.38. The Bertz CT molecular complexity index is 586. The van der Waals surface area contributed by atoms with Crippen molar-refractivity contribution < 1.29 is 9.47 Å². The maximum Gasteiger partial charge on any atom is 0.161 e. The Morgan fingerprint density at radius 2 is 2.05 bits per heavy atom. The zero-order valence-electron chi connectivity index (χ0n) is 11.2. The Morgan fingerprint density at radius 3 is 2.75 bits per heavy atom. The van der Waals surface area contributed by atoms with E-state index in [2.05, 4.69) is 10.4 Å². The molecular formula is C15H17N3O2. The number of fused-ring (bicyclic) bond motifs is 1. The van der Waals surface area contributed by atoms with E-state index < -0.39 is 0 Å². The molecule has 2 heterocycles. The first-order valence-electron chi connectivity index (χ1n) is 6.55. The summed E-state index contributed by atoms with van der Waals surface area (Å²) in [6, 6.07) is 11.4. The van der Waals surface area contributed by atoms with Crippen molar-refractivity contribution in [1.29, 1.82) is 0 Å². The standard InChI is InChI=1S/C15H17N3O2/c1-10-6-7-11(8-17-10)15(18-16)14-9-19-12-4-2-3-5-13(12)20-14/h2-8,14-15,18H,9,16H2,1H3. The molecule has 0 spiro atoms. The number of aryl methyl sites for hydroxylation is 1. The SMILES string of the molecule is Cc1ccc(C(NN)C2COc3ccccc3O2)cn1. The minimum Gasteiger partial charge on any atom is -0.486 e. The van der Waals surface area contributed by atoms with Crippen LogP contribution in [0.2, 0.25) is 0 Å². The lowest BCUT2D eigenvalue weighted by Crippen LogP contribution is -2.44. The first-order valence-corrected chi connectivity index (χ1v) is 6.55. The number of nitrogens with zero attached hydrogens (tertiary/aromatic N) is 1. The number of hydrogen-bond donors (Lipinski definition) is 2. The van der Waals surface area contributed by atoms with Crippen LogP contribution in [0, 0.1) is 6.92 Å². The van der Waals surface area contributed by atoms with E-state index >= 15 is 0 Å². The van der Waals surface area contributed by atoms with E-state index in [1.807, 2.05) is 49.5 Å². The highest BCUT2D eigenvalue weighted by Crippen LogP contribution is 2.34. The molecule has 0 saturated carbocycles. The largest absolute Gasteiger partial charge is 0.486 e. The molecule has 1 aliphatic heterocycles. The fourth-order valence-corrected chi connectivity index (χ4v) is 2.28. The second-order valence-corrected chi connectivity index (χ2v) is 4.79. The average molecular weight is 271 g/mol. The molecule has 20 heavy (non-hydrogen) atoms. The van der Waals surface area contributed by atoms with Crippen LogP contribution >= 0.6 is 0 Å². The molecule has 1 aliphatic rings. The fraction of sp³-hybridized carbons (Fsp3) is 0.267. The van der Waals surface area contributed by atoms with Crippen molar-refractivity contribution in [3.8, 4) is 11.5 Å². The molecule has 1 aromatic carbocycles. The van der Waals surface area contributed by atoms with Gasteiger partial charge in [-0.3, -0.25) is 10.8 Å². The summed E-state index contributed by atoms with van der Waals surface area (Å²) in [6.07, 6.45) is 1.61. The number of ether oxygens (including phenoxy) is 2. The number of nitrogens with two attached hydrogens (primary N) is 1. The number of hydrazine groups is 1. The lowest BCUT2D eigenvalue weighted by Gasteiger charge is -2.31. The highest BCUT2D eigenvalue weighted by Gasteiger charge is 2.29. The maximum absolute atomic E-state index is 5.97. The van der Waals surface area contributed by atoms with Gasteiger partial charge in [0, 0.05) is 11.9 Å². The molecule has 1 aromatic heterocycles. The molecule has 0 radical (unpaired) electrons. The van der Waals surface area contributed by atoms with Gasteiger partial charge in [0.1, 0.15) is 6.61 Å². The van der Waals surface area contributed by atoms with Gasteiger partial charge in [-0.05, 0) is 30.7 Å². The zero-order valence-corrected chi connectivity index (χ0v) is 11.2. The van der Waals surface area contributed by atoms with Gasteiger partial charge in [0.25, 0.3) is 0 Å². The minimum absolute atomic E-state index is 0.170. The molecular weight excluding hydrogens is 254 g/mol. The highest BCUT2D eigenvalue weighted by atomic mass is 16.6. The Labute approximate surface area is 117 Å². The van der Waals surface area contributed by atoms with E-state index in [4.69, 9.17) is 15.3 Å². The predicted octanol–water partition coefficient (Wildman–Crippen LogP) is 1.73. The topological polar surface area (TPSA) is 69.4 Å². The van der Waals surface area contributed by atoms with Gasteiger partial charge in [-0.2, -0.15) is 0 Å². The Balaban J connectivity index is 1.83. The van der Waals surface area contributed by atoms with E-state index in [-0.39, 0.29) is 12.1 Å². The summed E-state index contributed by atoms with van der Waals surface area (Å²) in [5, 5.41) is 0. The maximum atomic E-state index is 5.97. The van der Waals surface area contributed by atoms with Crippen molar-refractivity contribution in [2.75, 3.05) is 6.61 Å². The van der Waals surface area contributed by atoms with Crippen LogP contribution in [-0.4, -0.2) is 17.7 Å². The van der Waals surface area contributed by atoms with Crippen molar-refractivity contribution in [3.63, 3.8) is 0 Å². The first kappa shape index (κ1) is 12.9. The Hall–Kier alpha value is -2.11. The lowest BCUT2D eigenvalue weighted by atomic mass is 10.0. The number of para-hydroxylation sites is 2. The second-order valence-electron chi connectivity index (χ2n) is 4.79. The summed E-state index contributed by atoms with van der Waals surface area (Å²) in [6.45, 7) is 2.39. The summed E-state index contributed by atoms with van der Waals surface area (Å²) < 4.78 is 11.7. The molecule has 104 valence electrons. The molecule has 2 atom stereocenters. The normalized spacial score (nSPS) is 18.6. The Morgan fingerprint density at radius 1 is 1.25 bits per heavy atom. The number of hydrogen-bond acceptors (Lipinski definition) is 5. The van der Waals surface area contributed by atoms with Crippen molar-refractivity contribution in [1.82, 2.24) is 10.4 Å². The van der Waals surface area contributed by atoms with Crippen LogP contribution in [0.5, 0.6) is 11.5 Å². The van der Waals surface area contributed by atoms with Gasteiger partial charge in [-0.25, -0.2) is 5.43 Å². The van der Waals surface area contributed by atoms with Crippen molar-refractivity contribution in [3.05, 3.63) is 53.9 Å². The molecule has 5 nitrogen and oxygen atoms in total. The molecule has 3 rings (SSSR count). The predicted molar refractivity (Wildman–Crippen MR) is 75.4 cm³/mol. The zero-order chi connectivity index (χ0) is 13.9. The summed E-state index contributed by atoms with van der Waals surface area (Å²) in [5.74, 6) is 7.19. The van der Waals surface area contributed by atoms with Crippen LogP contribution in [0.15, 0.2) is 42.6 Å². The van der Waals surface area contributed by atoms with Gasteiger partial charge in [0.2, 0.25) is 0 Å². The van der Waals surface area contributed by atoms with E-state index in [1.54, 1.807) is 0 Å². The average Bonchev–Trinajstić information content (AvgIpc) is 2.50. The number of aromatic nitrogens is 1. The number of rotatable bonds is 3. The van der Waals surface area contributed by atoms with E-state index in [9.17, 15) is 0 Å². The van der Waals surface area contributed by atoms with Crippen LogP contribution < -0.4 is 20.7 Å². The van der Waals surface area contributed by atoms with Gasteiger partial charge < -0.3 is 9.47 Å².